The molecule has 0 fully saturated rings. The summed E-state index contributed by atoms with van der Waals surface area (Å²) in [5.74, 6) is 0.556. The normalized spacial score (nSPS) is 14.2. The average molecular weight is 177 g/mol. The first-order valence-corrected chi connectivity index (χ1v) is 4.84. The second-order valence-corrected chi connectivity index (χ2v) is 4.82. The summed E-state index contributed by atoms with van der Waals surface area (Å²) in [6.45, 7) is 11.1. The molecule has 0 amide bonds. The first-order valence-electron chi connectivity index (χ1n) is 4.84. The minimum absolute atomic E-state index is 0.316. The molecule has 0 spiro atoms. The van der Waals surface area contributed by atoms with Crippen LogP contribution in [0.1, 0.15) is 44.9 Å². The molecule has 1 aromatic heterocycles. The summed E-state index contributed by atoms with van der Waals surface area (Å²) in [7, 11) is 0. The second kappa shape index (κ2) is 3.49. The zero-order chi connectivity index (χ0) is 10.1. The molecule has 72 valence electrons. The molecule has 13 heavy (non-hydrogen) atoms. The third-order valence-corrected chi connectivity index (χ3v) is 2.73. The number of nitrogens with zero attached hydrogens (tertiary/aromatic N) is 1. The Balaban J connectivity index is 2.90. The van der Waals surface area contributed by atoms with Crippen molar-refractivity contribution in [3.8, 4) is 0 Å². The van der Waals surface area contributed by atoms with E-state index in [9.17, 15) is 0 Å². The van der Waals surface area contributed by atoms with Crippen molar-refractivity contribution in [3.05, 3.63) is 29.6 Å². The Kier molecular flexibility index (Phi) is 2.74. The summed E-state index contributed by atoms with van der Waals surface area (Å²) >= 11 is 0. The Bertz CT molecular complexity index is 266. The summed E-state index contributed by atoms with van der Waals surface area (Å²) in [4.78, 5) is 4.31. The molecule has 0 aliphatic rings. The van der Waals surface area contributed by atoms with Gasteiger partial charge < -0.3 is 0 Å². The minimum atomic E-state index is 0.316. The van der Waals surface area contributed by atoms with E-state index in [1.807, 2.05) is 13.1 Å². The molecule has 0 bridgehead atoms. The molecular formula is C12H19N. The molecule has 1 heterocycles. The Morgan fingerprint density at radius 3 is 2.23 bits per heavy atom. The van der Waals surface area contributed by atoms with E-state index in [4.69, 9.17) is 0 Å². The SMILES string of the molecule is Cc1ccc([C@@H](C)C(C)(C)C)cn1. The van der Waals surface area contributed by atoms with Crippen molar-refractivity contribution < 1.29 is 0 Å². The predicted octanol–water partition coefficient (Wildman–Crippen LogP) is 3.54. The monoisotopic (exact) mass is 177 g/mol. The van der Waals surface area contributed by atoms with Gasteiger partial charge in [-0.15, -0.1) is 0 Å². The van der Waals surface area contributed by atoms with Crippen LogP contribution in [0.25, 0.3) is 0 Å². The lowest BCUT2D eigenvalue weighted by atomic mass is 9.78. The minimum Gasteiger partial charge on any atom is -0.261 e. The second-order valence-electron chi connectivity index (χ2n) is 4.82. The van der Waals surface area contributed by atoms with E-state index in [0.717, 1.165) is 5.69 Å². The average Bonchev–Trinajstić information content (AvgIpc) is 2.03. The molecule has 1 atom stereocenters. The van der Waals surface area contributed by atoms with E-state index in [1.165, 1.54) is 5.56 Å². The summed E-state index contributed by atoms with van der Waals surface area (Å²) < 4.78 is 0. The standard InChI is InChI=1S/C12H19N/c1-9-6-7-11(8-13-9)10(2)12(3,4)5/h6-8,10H,1-5H3/t10-/m1/s1. The lowest BCUT2D eigenvalue weighted by molar-refractivity contribution is 0.339. The summed E-state index contributed by atoms with van der Waals surface area (Å²) in [6, 6.07) is 4.26. The van der Waals surface area contributed by atoms with Crippen molar-refractivity contribution in [2.75, 3.05) is 0 Å². The predicted molar refractivity (Wildman–Crippen MR) is 56.8 cm³/mol. The summed E-state index contributed by atoms with van der Waals surface area (Å²) in [5.41, 5.74) is 2.74. The van der Waals surface area contributed by atoms with Crippen LogP contribution in [0.4, 0.5) is 0 Å². The van der Waals surface area contributed by atoms with Crippen LogP contribution in [0.15, 0.2) is 18.3 Å². The van der Waals surface area contributed by atoms with Crippen molar-refractivity contribution in [1.29, 1.82) is 0 Å². The highest BCUT2D eigenvalue weighted by Crippen LogP contribution is 2.33. The third-order valence-electron chi connectivity index (χ3n) is 2.73. The fourth-order valence-corrected chi connectivity index (χ4v) is 1.24. The van der Waals surface area contributed by atoms with Gasteiger partial charge in [0.15, 0.2) is 0 Å². The molecule has 1 aromatic rings. The molecule has 0 aliphatic heterocycles. The molecule has 1 nitrogen and oxygen atoms in total. The van der Waals surface area contributed by atoms with Gasteiger partial charge in [0.1, 0.15) is 0 Å². The molecule has 0 N–H and O–H groups in total. The van der Waals surface area contributed by atoms with E-state index >= 15 is 0 Å². The highest BCUT2D eigenvalue weighted by atomic mass is 14.7. The number of hydrogen-bond donors (Lipinski definition) is 0. The molecule has 1 heteroatoms. The van der Waals surface area contributed by atoms with Crippen LogP contribution in [-0.4, -0.2) is 4.98 Å². The van der Waals surface area contributed by atoms with Gasteiger partial charge in [-0.05, 0) is 29.9 Å². The van der Waals surface area contributed by atoms with Crippen LogP contribution in [0.3, 0.4) is 0 Å². The van der Waals surface area contributed by atoms with Crippen molar-refractivity contribution in [1.82, 2.24) is 4.98 Å². The molecule has 0 radical (unpaired) electrons. The van der Waals surface area contributed by atoms with Gasteiger partial charge in [0.25, 0.3) is 0 Å². The quantitative estimate of drug-likeness (QED) is 0.639. The Morgan fingerprint density at radius 2 is 1.85 bits per heavy atom. The topological polar surface area (TPSA) is 12.9 Å². The summed E-state index contributed by atoms with van der Waals surface area (Å²) in [6.07, 6.45) is 1.99. The van der Waals surface area contributed by atoms with Crippen LogP contribution >= 0.6 is 0 Å². The zero-order valence-electron chi connectivity index (χ0n) is 9.26. The number of hydrogen-bond acceptors (Lipinski definition) is 1. The molecule has 0 aliphatic carbocycles. The number of pyridine rings is 1. The van der Waals surface area contributed by atoms with Crippen LogP contribution < -0.4 is 0 Å². The van der Waals surface area contributed by atoms with Crippen LogP contribution in [0.5, 0.6) is 0 Å². The zero-order valence-corrected chi connectivity index (χ0v) is 9.26. The number of aryl methyl sites for hydroxylation is 1. The maximum atomic E-state index is 4.31. The molecular weight excluding hydrogens is 158 g/mol. The number of rotatable bonds is 1. The first-order chi connectivity index (χ1) is 5.91. The van der Waals surface area contributed by atoms with Gasteiger partial charge in [0.2, 0.25) is 0 Å². The van der Waals surface area contributed by atoms with Crippen molar-refractivity contribution >= 4 is 0 Å². The van der Waals surface area contributed by atoms with Gasteiger partial charge in [-0.2, -0.15) is 0 Å². The van der Waals surface area contributed by atoms with Gasteiger partial charge in [-0.3, -0.25) is 4.98 Å². The largest absolute Gasteiger partial charge is 0.261 e. The molecule has 1 rings (SSSR count). The van der Waals surface area contributed by atoms with Gasteiger partial charge in [-0.1, -0.05) is 33.8 Å². The smallest absolute Gasteiger partial charge is 0.0372 e. The lowest BCUT2D eigenvalue weighted by Crippen LogP contribution is -2.15. The van der Waals surface area contributed by atoms with Crippen molar-refractivity contribution in [2.45, 2.75) is 40.5 Å². The van der Waals surface area contributed by atoms with Gasteiger partial charge in [-0.25, -0.2) is 0 Å². The highest BCUT2D eigenvalue weighted by molar-refractivity contribution is 5.18. The fraction of sp³-hybridized carbons (Fsp3) is 0.583. The third kappa shape index (κ3) is 2.55. The van der Waals surface area contributed by atoms with Gasteiger partial charge in [0, 0.05) is 11.9 Å². The Morgan fingerprint density at radius 1 is 1.23 bits per heavy atom. The summed E-state index contributed by atoms with van der Waals surface area (Å²) in [5, 5.41) is 0. The lowest BCUT2D eigenvalue weighted by Gasteiger charge is -2.27. The van der Waals surface area contributed by atoms with E-state index in [-0.39, 0.29) is 0 Å². The molecule has 0 saturated carbocycles. The number of aromatic nitrogens is 1. The van der Waals surface area contributed by atoms with Crippen LogP contribution in [-0.2, 0) is 0 Å². The van der Waals surface area contributed by atoms with Crippen molar-refractivity contribution in [3.63, 3.8) is 0 Å². The molecule has 0 unspecified atom stereocenters. The van der Waals surface area contributed by atoms with E-state index in [0.29, 0.717) is 11.3 Å². The highest BCUT2D eigenvalue weighted by Gasteiger charge is 2.21. The van der Waals surface area contributed by atoms with Crippen LogP contribution in [0.2, 0.25) is 0 Å². The fourth-order valence-electron chi connectivity index (χ4n) is 1.24. The van der Waals surface area contributed by atoms with E-state index in [1.54, 1.807) is 0 Å². The van der Waals surface area contributed by atoms with E-state index in [2.05, 4.69) is 44.8 Å². The Labute approximate surface area is 81.2 Å². The Hall–Kier alpha value is -0.850. The molecule has 0 saturated heterocycles. The van der Waals surface area contributed by atoms with Gasteiger partial charge >= 0.3 is 0 Å². The molecule has 0 aromatic carbocycles. The van der Waals surface area contributed by atoms with E-state index < -0.39 is 0 Å². The maximum Gasteiger partial charge on any atom is 0.0372 e. The van der Waals surface area contributed by atoms with Gasteiger partial charge in [0.05, 0.1) is 0 Å². The van der Waals surface area contributed by atoms with Crippen LogP contribution in [0, 0.1) is 12.3 Å². The first kappa shape index (κ1) is 10.2. The maximum absolute atomic E-state index is 4.31. The van der Waals surface area contributed by atoms with Crippen molar-refractivity contribution in [2.24, 2.45) is 5.41 Å².